The SMILES string of the molecule is Nc1cccc2nonc12.Sc1ccc(Oc2ccncc2)cc1. The van der Waals surface area contributed by atoms with Crippen LogP contribution < -0.4 is 10.5 Å². The monoisotopic (exact) mass is 338 g/mol. The highest BCUT2D eigenvalue weighted by Gasteiger charge is 2.00. The number of nitrogens with zero attached hydrogens (tertiary/aromatic N) is 3. The van der Waals surface area contributed by atoms with Crippen LogP contribution in [-0.4, -0.2) is 15.3 Å². The molecule has 0 aliphatic carbocycles. The van der Waals surface area contributed by atoms with Crippen LogP contribution in [0, 0.1) is 0 Å². The summed E-state index contributed by atoms with van der Waals surface area (Å²) in [5.74, 6) is 1.58. The average Bonchev–Trinajstić information content (AvgIpc) is 3.09. The van der Waals surface area contributed by atoms with Gasteiger partial charge in [0.2, 0.25) is 0 Å². The van der Waals surface area contributed by atoms with Gasteiger partial charge in [-0.25, -0.2) is 4.63 Å². The molecule has 0 bridgehead atoms. The van der Waals surface area contributed by atoms with Crippen LogP contribution in [-0.2, 0) is 0 Å². The molecule has 2 N–H and O–H groups in total. The molecule has 0 saturated heterocycles. The van der Waals surface area contributed by atoms with E-state index >= 15 is 0 Å². The molecule has 0 amide bonds. The second-order valence-corrected chi connectivity index (χ2v) is 5.27. The van der Waals surface area contributed by atoms with E-state index in [4.69, 9.17) is 10.5 Å². The summed E-state index contributed by atoms with van der Waals surface area (Å²) >= 11 is 4.19. The van der Waals surface area contributed by atoms with Crippen molar-refractivity contribution in [1.82, 2.24) is 15.3 Å². The van der Waals surface area contributed by atoms with Gasteiger partial charge in [0.25, 0.3) is 0 Å². The fourth-order valence-corrected chi connectivity index (χ4v) is 2.03. The van der Waals surface area contributed by atoms with Gasteiger partial charge >= 0.3 is 0 Å². The molecule has 2 heterocycles. The standard InChI is InChI=1S/C11H9NOS.C6H5N3O/c14-11-3-1-9(2-4-11)13-10-5-7-12-8-6-10;7-4-2-1-3-5-6(4)9-10-8-5/h1-8,14H;1-3H,7H2. The number of aromatic nitrogens is 3. The first-order valence-electron chi connectivity index (χ1n) is 7.06. The van der Waals surface area contributed by atoms with Crippen LogP contribution in [0.25, 0.3) is 11.0 Å². The number of anilines is 1. The van der Waals surface area contributed by atoms with Crippen molar-refractivity contribution in [3.05, 3.63) is 67.0 Å². The van der Waals surface area contributed by atoms with Crippen molar-refractivity contribution in [2.24, 2.45) is 0 Å². The smallest absolute Gasteiger partial charge is 0.158 e. The summed E-state index contributed by atoms with van der Waals surface area (Å²) in [5.41, 5.74) is 7.46. The van der Waals surface area contributed by atoms with Crippen LogP contribution in [0.2, 0.25) is 0 Å². The van der Waals surface area contributed by atoms with Crippen LogP contribution in [0.4, 0.5) is 5.69 Å². The van der Waals surface area contributed by atoms with Crippen molar-refractivity contribution >= 4 is 29.3 Å². The first kappa shape index (κ1) is 15.8. The third-order valence-corrected chi connectivity index (χ3v) is 3.34. The summed E-state index contributed by atoms with van der Waals surface area (Å²) in [6.07, 6.45) is 3.39. The van der Waals surface area contributed by atoms with Gasteiger partial charge in [0, 0.05) is 17.3 Å². The number of nitrogens with two attached hydrogens (primary N) is 1. The normalized spacial score (nSPS) is 10.0. The highest BCUT2D eigenvalue weighted by molar-refractivity contribution is 7.80. The van der Waals surface area contributed by atoms with Crippen molar-refractivity contribution in [3.8, 4) is 11.5 Å². The number of hydrogen-bond acceptors (Lipinski definition) is 7. The maximum absolute atomic E-state index is 5.56. The number of nitrogen functional groups attached to an aromatic ring is 1. The Morgan fingerprint density at radius 3 is 2.29 bits per heavy atom. The minimum Gasteiger partial charge on any atom is -0.457 e. The Morgan fingerprint density at radius 1 is 0.875 bits per heavy atom. The molecule has 0 aliphatic heterocycles. The van der Waals surface area contributed by atoms with E-state index in [0.29, 0.717) is 16.7 Å². The molecule has 24 heavy (non-hydrogen) atoms. The molecule has 120 valence electrons. The maximum Gasteiger partial charge on any atom is 0.158 e. The molecule has 4 rings (SSSR count). The Balaban J connectivity index is 0.000000149. The van der Waals surface area contributed by atoms with Gasteiger partial charge in [0.05, 0.1) is 5.69 Å². The molecule has 0 fully saturated rings. The van der Waals surface area contributed by atoms with Crippen molar-refractivity contribution in [2.75, 3.05) is 5.73 Å². The quantitative estimate of drug-likeness (QED) is 0.425. The molecule has 0 atom stereocenters. The van der Waals surface area contributed by atoms with Gasteiger partial charge in [-0.3, -0.25) is 4.98 Å². The van der Waals surface area contributed by atoms with E-state index in [1.54, 1.807) is 24.5 Å². The zero-order chi connectivity index (χ0) is 16.8. The Bertz CT molecular complexity index is 911. The number of benzene rings is 2. The summed E-state index contributed by atoms with van der Waals surface area (Å²) in [6.45, 7) is 0. The molecular weight excluding hydrogens is 324 g/mol. The van der Waals surface area contributed by atoms with Gasteiger partial charge in [-0.1, -0.05) is 6.07 Å². The minimum absolute atomic E-state index is 0.596. The zero-order valence-electron chi connectivity index (χ0n) is 12.5. The second kappa shape index (κ2) is 7.47. The molecule has 0 aliphatic rings. The van der Waals surface area contributed by atoms with Gasteiger partial charge in [-0.2, -0.15) is 0 Å². The summed E-state index contributed by atoms with van der Waals surface area (Å²) in [4.78, 5) is 4.83. The third-order valence-electron chi connectivity index (χ3n) is 3.04. The molecule has 4 aromatic rings. The van der Waals surface area contributed by atoms with Crippen LogP contribution in [0.15, 0.2) is 76.5 Å². The van der Waals surface area contributed by atoms with Crippen LogP contribution in [0.3, 0.4) is 0 Å². The summed E-state index contributed by atoms with van der Waals surface area (Å²) < 4.78 is 10.0. The summed E-state index contributed by atoms with van der Waals surface area (Å²) in [7, 11) is 0. The first-order valence-corrected chi connectivity index (χ1v) is 7.51. The minimum atomic E-state index is 0.596. The maximum atomic E-state index is 5.56. The van der Waals surface area contributed by atoms with Gasteiger partial charge in [-0.15, -0.1) is 12.6 Å². The van der Waals surface area contributed by atoms with Crippen LogP contribution >= 0.6 is 12.6 Å². The Morgan fingerprint density at radius 2 is 1.58 bits per heavy atom. The summed E-state index contributed by atoms with van der Waals surface area (Å²) in [5, 5.41) is 7.22. The lowest BCUT2D eigenvalue weighted by atomic mass is 10.3. The van der Waals surface area contributed by atoms with E-state index in [0.717, 1.165) is 16.4 Å². The number of pyridine rings is 1. The van der Waals surface area contributed by atoms with Crippen molar-refractivity contribution < 1.29 is 9.37 Å². The summed E-state index contributed by atoms with van der Waals surface area (Å²) in [6, 6.07) is 16.5. The van der Waals surface area contributed by atoms with E-state index in [9.17, 15) is 0 Å². The topological polar surface area (TPSA) is 87.1 Å². The number of ether oxygens (including phenoxy) is 1. The van der Waals surface area contributed by atoms with Crippen molar-refractivity contribution in [1.29, 1.82) is 0 Å². The number of hydrogen-bond donors (Lipinski definition) is 2. The lowest BCUT2D eigenvalue weighted by molar-refractivity contribution is 0.315. The van der Waals surface area contributed by atoms with Crippen molar-refractivity contribution in [3.63, 3.8) is 0 Å². The first-order chi connectivity index (χ1) is 11.7. The molecule has 0 spiro atoms. The fraction of sp³-hybridized carbons (Fsp3) is 0. The molecule has 0 unspecified atom stereocenters. The number of rotatable bonds is 2. The molecular formula is C17H14N4O2S. The predicted molar refractivity (Wildman–Crippen MR) is 94.2 cm³/mol. The molecule has 2 aromatic heterocycles. The number of thiol groups is 1. The van der Waals surface area contributed by atoms with Crippen LogP contribution in [0.1, 0.15) is 0 Å². The highest BCUT2D eigenvalue weighted by Crippen LogP contribution is 2.21. The van der Waals surface area contributed by atoms with E-state index in [-0.39, 0.29) is 0 Å². The lowest BCUT2D eigenvalue weighted by Gasteiger charge is -2.04. The van der Waals surface area contributed by atoms with Gasteiger partial charge in [0.15, 0.2) is 5.52 Å². The predicted octanol–water partition coefficient (Wildman–Crippen LogP) is 3.97. The number of fused-ring (bicyclic) bond motifs is 1. The molecule has 6 nitrogen and oxygen atoms in total. The fourth-order valence-electron chi connectivity index (χ4n) is 1.88. The zero-order valence-corrected chi connectivity index (χ0v) is 13.4. The molecule has 7 heteroatoms. The van der Waals surface area contributed by atoms with E-state index < -0.39 is 0 Å². The third kappa shape index (κ3) is 4.02. The Kier molecular flexibility index (Phi) is 4.93. The largest absolute Gasteiger partial charge is 0.457 e. The Hall–Kier alpha value is -3.06. The van der Waals surface area contributed by atoms with Gasteiger partial charge in [-0.05, 0) is 58.8 Å². The van der Waals surface area contributed by atoms with E-state index in [2.05, 4.69) is 32.6 Å². The van der Waals surface area contributed by atoms with Crippen molar-refractivity contribution in [2.45, 2.75) is 4.90 Å². The van der Waals surface area contributed by atoms with Gasteiger partial charge in [0.1, 0.15) is 17.0 Å². The van der Waals surface area contributed by atoms with Crippen LogP contribution in [0.5, 0.6) is 11.5 Å². The van der Waals surface area contributed by atoms with Gasteiger partial charge < -0.3 is 10.5 Å². The average molecular weight is 338 g/mol. The molecule has 0 saturated carbocycles. The van der Waals surface area contributed by atoms with E-state index in [1.165, 1.54) is 0 Å². The van der Waals surface area contributed by atoms with E-state index in [1.807, 2.05) is 42.5 Å². The Labute approximate surface area is 143 Å². The highest BCUT2D eigenvalue weighted by atomic mass is 32.1. The molecule has 0 radical (unpaired) electrons. The molecule has 2 aromatic carbocycles. The lowest BCUT2D eigenvalue weighted by Crippen LogP contribution is -1.84. The second-order valence-electron chi connectivity index (χ2n) is 4.76.